The topological polar surface area (TPSA) is 44.8 Å². The third kappa shape index (κ3) is 2.07. The molecule has 0 saturated heterocycles. The number of methoxy groups -OCH3 is 2. The van der Waals surface area contributed by atoms with Crippen molar-refractivity contribution in [3.63, 3.8) is 0 Å². The highest BCUT2D eigenvalue weighted by Crippen LogP contribution is 2.40. The van der Waals surface area contributed by atoms with Gasteiger partial charge in [0.1, 0.15) is 11.4 Å². The van der Waals surface area contributed by atoms with Crippen LogP contribution in [-0.4, -0.2) is 25.6 Å². The number of carbonyl (C=O) groups is 1. The zero-order chi connectivity index (χ0) is 12.6. The van der Waals surface area contributed by atoms with E-state index in [1.165, 1.54) is 0 Å². The quantitative estimate of drug-likeness (QED) is 0.791. The van der Waals surface area contributed by atoms with E-state index >= 15 is 0 Å². The Morgan fingerprint density at radius 3 is 2.35 bits per heavy atom. The Labute approximate surface area is 100 Å². The molecule has 0 saturated carbocycles. The molecule has 1 aromatic rings. The number of carbonyl (C=O) groups excluding carboxylic acids is 1. The second-order valence-corrected chi connectivity index (χ2v) is 4.67. The normalized spacial score (nSPS) is 17.1. The van der Waals surface area contributed by atoms with Crippen LogP contribution in [0.2, 0.25) is 0 Å². The molecule has 4 heteroatoms. The van der Waals surface area contributed by atoms with Gasteiger partial charge < -0.3 is 14.2 Å². The molecule has 92 valence electrons. The average molecular weight is 236 g/mol. The lowest BCUT2D eigenvalue weighted by molar-refractivity contribution is 0.0617. The monoisotopic (exact) mass is 236 g/mol. The summed E-state index contributed by atoms with van der Waals surface area (Å²) in [6.07, 6.45) is 0.371. The van der Waals surface area contributed by atoms with Gasteiger partial charge in [-0.1, -0.05) is 0 Å². The molecule has 0 atom stereocenters. The van der Waals surface area contributed by atoms with Gasteiger partial charge in [-0.05, 0) is 19.9 Å². The molecule has 0 aromatic heterocycles. The Kier molecular flexibility index (Phi) is 2.73. The van der Waals surface area contributed by atoms with Gasteiger partial charge >= 0.3 is 0 Å². The van der Waals surface area contributed by atoms with Crippen molar-refractivity contribution in [2.45, 2.75) is 25.9 Å². The molecule has 1 aliphatic rings. The molecule has 0 unspecified atom stereocenters. The van der Waals surface area contributed by atoms with Gasteiger partial charge in [-0.2, -0.15) is 0 Å². The van der Waals surface area contributed by atoms with E-state index in [4.69, 9.17) is 14.2 Å². The molecule has 0 bridgehead atoms. The van der Waals surface area contributed by atoms with Crippen molar-refractivity contribution in [1.82, 2.24) is 0 Å². The number of benzene rings is 1. The molecule has 17 heavy (non-hydrogen) atoms. The lowest BCUT2D eigenvalue weighted by atomic mass is 9.93. The van der Waals surface area contributed by atoms with Gasteiger partial charge in [0.2, 0.25) is 0 Å². The van der Waals surface area contributed by atoms with Crippen LogP contribution in [0.3, 0.4) is 0 Å². The first-order valence-corrected chi connectivity index (χ1v) is 5.45. The average Bonchev–Trinajstić information content (AvgIpc) is 2.26. The summed E-state index contributed by atoms with van der Waals surface area (Å²) in [7, 11) is 3.10. The molecule has 1 aliphatic heterocycles. The Balaban J connectivity index is 2.53. The standard InChI is InChI=1S/C13H16O4/c1-13(2)7-9(14)8-5-11(15-3)12(16-4)6-10(8)17-13/h5-6H,7H2,1-4H3. The maximum absolute atomic E-state index is 12.0. The van der Waals surface area contributed by atoms with Crippen LogP contribution in [0.4, 0.5) is 0 Å². The Hall–Kier alpha value is -1.71. The van der Waals surface area contributed by atoms with Crippen LogP contribution in [0.15, 0.2) is 12.1 Å². The maximum atomic E-state index is 12.0. The fourth-order valence-corrected chi connectivity index (χ4v) is 1.98. The molecule has 2 rings (SSSR count). The fourth-order valence-electron chi connectivity index (χ4n) is 1.98. The van der Waals surface area contributed by atoms with Crippen LogP contribution in [0.1, 0.15) is 30.6 Å². The van der Waals surface area contributed by atoms with Crippen molar-refractivity contribution >= 4 is 5.78 Å². The van der Waals surface area contributed by atoms with E-state index in [1.807, 2.05) is 13.8 Å². The second kappa shape index (κ2) is 3.95. The summed E-state index contributed by atoms with van der Waals surface area (Å²) in [5, 5.41) is 0. The van der Waals surface area contributed by atoms with Crippen molar-refractivity contribution < 1.29 is 19.0 Å². The Bertz CT molecular complexity index is 463. The van der Waals surface area contributed by atoms with Crippen molar-refractivity contribution in [2.75, 3.05) is 14.2 Å². The summed E-state index contributed by atoms with van der Waals surface area (Å²) < 4.78 is 16.1. The minimum absolute atomic E-state index is 0.0669. The third-order valence-corrected chi connectivity index (χ3v) is 2.76. The van der Waals surface area contributed by atoms with Gasteiger partial charge in [-0.25, -0.2) is 0 Å². The first kappa shape index (κ1) is 11.8. The van der Waals surface area contributed by atoms with Crippen LogP contribution in [0.5, 0.6) is 17.2 Å². The lowest BCUT2D eigenvalue weighted by Gasteiger charge is -2.32. The summed E-state index contributed by atoms with van der Waals surface area (Å²) in [5.41, 5.74) is 0.0888. The van der Waals surface area contributed by atoms with E-state index in [2.05, 4.69) is 0 Å². The minimum atomic E-state index is -0.469. The lowest BCUT2D eigenvalue weighted by Crippen LogP contribution is -2.35. The van der Waals surface area contributed by atoms with Gasteiger partial charge in [0, 0.05) is 6.07 Å². The third-order valence-electron chi connectivity index (χ3n) is 2.76. The molecule has 0 amide bonds. The molecule has 0 fully saturated rings. The molecule has 0 spiro atoms. The first-order valence-electron chi connectivity index (χ1n) is 5.45. The van der Waals surface area contributed by atoms with Gasteiger partial charge in [-0.3, -0.25) is 4.79 Å². The molecule has 4 nitrogen and oxygen atoms in total. The maximum Gasteiger partial charge on any atom is 0.170 e. The fraction of sp³-hybridized carbons (Fsp3) is 0.462. The van der Waals surface area contributed by atoms with Crippen LogP contribution >= 0.6 is 0 Å². The molecule has 1 aromatic carbocycles. The predicted molar refractivity (Wildman–Crippen MR) is 63.2 cm³/mol. The van der Waals surface area contributed by atoms with Crippen LogP contribution in [0.25, 0.3) is 0 Å². The molecule has 1 heterocycles. The smallest absolute Gasteiger partial charge is 0.170 e. The van der Waals surface area contributed by atoms with Crippen molar-refractivity contribution in [2.24, 2.45) is 0 Å². The molecular weight excluding hydrogens is 220 g/mol. The summed E-state index contributed by atoms with van der Waals surface area (Å²) in [5.74, 6) is 1.74. The van der Waals surface area contributed by atoms with Crippen LogP contribution in [-0.2, 0) is 0 Å². The van der Waals surface area contributed by atoms with E-state index in [-0.39, 0.29) is 5.78 Å². The van der Waals surface area contributed by atoms with E-state index in [0.717, 1.165) is 0 Å². The largest absolute Gasteiger partial charge is 0.493 e. The van der Waals surface area contributed by atoms with E-state index in [1.54, 1.807) is 26.4 Å². The predicted octanol–water partition coefficient (Wildman–Crippen LogP) is 2.45. The minimum Gasteiger partial charge on any atom is -0.493 e. The molecule has 0 N–H and O–H groups in total. The zero-order valence-electron chi connectivity index (χ0n) is 10.5. The number of fused-ring (bicyclic) bond motifs is 1. The van der Waals surface area contributed by atoms with Crippen LogP contribution < -0.4 is 14.2 Å². The van der Waals surface area contributed by atoms with Crippen molar-refractivity contribution in [3.8, 4) is 17.2 Å². The molecule has 0 radical (unpaired) electrons. The Morgan fingerprint density at radius 1 is 1.18 bits per heavy atom. The highest BCUT2D eigenvalue weighted by molar-refractivity contribution is 6.01. The number of Topliss-reactive ketones (excluding diaryl/α,β-unsaturated/α-hetero) is 1. The number of hydrogen-bond donors (Lipinski definition) is 0. The van der Waals surface area contributed by atoms with E-state index in [9.17, 15) is 4.79 Å². The van der Waals surface area contributed by atoms with Gasteiger partial charge in [0.05, 0.1) is 26.2 Å². The molecule has 0 aliphatic carbocycles. The highest BCUT2D eigenvalue weighted by atomic mass is 16.5. The summed E-state index contributed by atoms with van der Waals surface area (Å²) in [4.78, 5) is 12.0. The van der Waals surface area contributed by atoms with Crippen molar-refractivity contribution in [1.29, 1.82) is 0 Å². The first-order chi connectivity index (χ1) is 7.96. The summed E-state index contributed by atoms with van der Waals surface area (Å²) >= 11 is 0. The summed E-state index contributed by atoms with van der Waals surface area (Å²) in [6, 6.07) is 3.37. The van der Waals surface area contributed by atoms with E-state index in [0.29, 0.717) is 29.2 Å². The zero-order valence-corrected chi connectivity index (χ0v) is 10.5. The number of rotatable bonds is 2. The summed E-state index contributed by atoms with van der Waals surface area (Å²) in [6.45, 7) is 3.79. The van der Waals surface area contributed by atoms with Gasteiger partial charge in [0.25, 0.3) is 0 Å². The SMILES string of the molecule is COc1cc2c(cc1OC)C(=O)CC(C)(C)O2. The Morgan fingerprint density at radius 2 is 1.76 bits per heavy atom. The van der Waals surface area contributed by atoms with Crippen molar-refractivity contribution in [3.05, 3.63) is 17.7 Å². The highest BCUT2D eigenvalue weighted by Gasteiger charge is 2.33. The number of ketones is 1. The second-order valence-electron chi connectivity index (χ2n) is 4.67. The van der Waals surface area contributed by atoms with Gasteiger partial charge in [0.15, 0.2) is 17.3 Å². The molecular formula is C13H16O4. The van der Waals surface area contributed by atoms with Gasteiger partial charge in [-0.15, -0.1) is 0 Å². The number of ether oxygens (including phenoxy) is 3. The van der Waals surface area contributed by atoms with E-state index < -0.39 is 5.60 Å². The number of hydrogen-bond acceptors (Lipinski definition) is 4. The van der Waals surface area contributed by atoms with Crippen LogP contribution in [0, 0.1) is 0 Å².